The van der Waals surface area contributed by atoms with Gasteiger partial charge in [0.15, 0.2) is 11.9 Å². The molecule has 1 aliphatic rings. The number of nitrogens with zero attached hydrogens (tertiary/aromatic N) is 2. The van der Waals surface area contributed by atoms with Crippen LogP contribution in [0.3, 0.4) is 0 Å². The molecule has 27 heavy (non-hydrogen) atoms. The zero-order valence-corrected chi connectivity index (χ0v) is 15.2. The summed E-state index contributed by atoms with van der Waals surface area (Å²) < 4.78 is 10.0. The number of ether oxygens (including phenoxy) is 1. The summed E-state index contributed by atoms with van der Waals surface area (Å²) in [5, 5.41) is 6.17. The highest BCUT2D eigenvalue weighted by atomic mass is 16.5. The van der Waals surface area contributed by atoms with Gasteiger partial charge in [-0.2, -0.15) is 0 Å². The van der Waals surface area contributed by atoms with Crippen LogP contribution in [0.25, 0.3) is 0 Å². The summed E-state index contributed by atoms with van der Waals surface area (Å²) in [7, 11) is 0. The Balaban J connectivity index is 1.51. The number of nitrogens with one attached hydrogen (secondary N) is 1. The maximum absolute atomic E-state index is 12.1. The van der Waals surface area contributed by atoms with Crippen LogP contribution >= 0.6 is 0 Å². The molecule has 0 spiro atoms. The summed E-state index contributed by atoms with van der Waals surface area (Å²) in [4.78, 5) is 37.6. The van der Waals surface area contributed by atoms with Crippen molar-refractivity contribution in [2.75, 3.05) is 16.8 Å². The first kappa shape index (κ1) is 18.6. The fourth-order valence-corrected chi connectivity index (χ4v) is 2.83. The summed E-state index contributed by atoms with van der Waals surface area (Å²) in [5.41, 5.74) is 1.57. The van der Waals surface area contributed by atoms with Gasteiger partial charge in [0, 0.05) is 24.7 Å². The lowest BCUT2D eigenvalue weighted by molar-refractivity contribution is -0.152. The van der Waals surface area contributed by atoms with Crippen molar-refractivity contribution in [3.05, 3.63) is 41.7 Å². The molecule has 1 atom stereocenters. The molecule has 0 radical (unpaired) electrons. The molecule has 1 saturated heterocycles. The van der Waals surface area contributed by atoms with E-state index in [0.717, 1.165) is 24.2 Å². The number of aromatic nitrogens is 1. The molecule has 8 heteroatoms. The van der Waals surface area contributed by atoms with E-state index in [1.54, 1.807) is 30.0 Å². The summed E-state index contributed by atoms with van der Waals surface area (Å²) in [6, 6.07) is 8.76. The minimum absolute atomic E-state index is 0.0366. The van der Waals surface area contributed by atoms with Crippen LogP contribution in [0, 0.1) is 6.92 Å². The lowest BCUT2D eigenvalue weighted by atomic mass is 10.1. The largest absolute Gasteiger partial charge is 0.452 e. The number of carbonyl (C=O) groups excluding carboxylic acids is 3. The van der Waals surface area contributed by atoms with Crippen molar-refractivity contribution in [2.24, 2.45) is 0 Å². The molecular formula is C19H21N3O5. The Morgan fingerprint density at radius 3 is 2.67 bits per heavy atom. The van der Waals surface area contributed by atoms with Crippen LogP contribution in [0.15, 0.2) is 34.9 Å². The lowest BCUT2D eigenvalue weighted by Gasteiger charge is -2.16. The third-order valence-corrected chi connectivity index (χ3v) is 4.23. The Bertz CT molecular complexity index is 843. The quantitative estimate of drug-likeness (QED) is 0.781. The van der Waals surface area contributed by atoms with E-state index in [4.69, 9.17) is 9.26 Å². The van der Waals surface area contributed by atoms with Crippen molar-refractivity contribution < 1.29 is 23.6 Å². The van der Waals surface area contributed by atoms with Crippen LogP contribution in [0.1, 0.15) is 31.1 Å². The van der Waals surface area contributed by atoms with E-state index in [0.29, 0.717) is 12.2 Å². The minimum atomic E-state index is -0.962. The van der Waals surface area contributed by atoms with E-state index in [9.17, 15) is 14.4 Å². The second kappa shape index (κ2) is 8.03. The first-order valence-electron chi connectivity index (χ1n) is 8.75. The van der Waals surface area contributed by atoms with E-state index >= 15 is 0 Å². The monoisotopic (exact) mass is 371 g/mol. The van der Waals surface area contributed by atoms with Gasteiger partial charge in [0.1, 0.15) is 5.76 Å². The molecule has 142 valence electrons. The van der Waals surface area contributed by atoms with E-state index in [2.05, 4.69) is 10.5 Å². The first-order chi connectivity index (χ1) is 12.9. The smallest absolute Gasteiger partial charge is 0.311 e. The Morgan fingerprint density at radius 2 is 2.07 bits per heavy atom. The highest BCUT2D eigenvalue weighted by Gasteiger charge is 2.22. The molecule has 8 nitrogen and oxygen atoms in total. The van der Waals surface area contributed by atoms with Gasteiger partial charge in [-0.1, -0.05) is 17.3 Å². The van der Waals surface area contributed by atoms with Crippen molar-refractivity contribution in [3.8, 4) is 0 Å². The average Bonchev–Trinajstić information content (AvgIpc) is 3.23. The van der Waals surface area contributed by atoms with Crippen molar-refractivity contribution in [3.63, 3.8) is 0 Å². The maximum Gasteiger partial charge on any atom is 0.311 e. The highest BCUT2D eigenvalue weighted by molar-refractivity contribution is 5.95. The van der Waals surface area contributed by atoms with Gasteiger partial charge in [0.05, 0.1) is 6.42 Å². The topological polar surface area (TPSA) is 102 Å². The third kappa shape index (κ3) is 4.72. The number of benzene rings is 1. The number of amides is 2. The van der Waals surface area contributed by atoms with Crippen LogP contribution < -0.4 is 10.2 Å². The molecule has 0 bridgehead atoms. The predicted octanol–water partition coefficient (Wildman–Crippen LogP) is 2.22. The van der Waals surface area contributed by atoms with Gasteiger partial charge in [-0.15, -0.1) is 0 Å². The molecule has 2 heterocycles. The van der Waals surface area contributed by atoms with Crippen LogP contribution in [-0.4, -0.2) is 35.6 Å². The maximum atomic E-state index is 12.1. The van der Waals surface area contributed by atoms with Crippen LogP contribution in [-0.2, 0) is 25.5 Å². The predicted molar refractivity (Wildman–Crippen MR) is 97.2 cm³/mol. The summed E-state index contributed by atoms with van der Waals surface area (Å²) >= 11 is 0. The number of rotatable bonds is 6. The van der Waals surface area contributed by atoms with Gasteiger partial charge in [0.2, 0.25) is 5.91 Å². The number of hydrogen-bond acceptors (Lipinski definition) is 6. The second-order valence-electron chi connectivity index (χ2n) is 6.44. The molecule has 0 aliphatic carbocycles. The van der Waals surface area contributed by atoms with Crippen molar-refractivity contribution >= 4 is 29.3 Å². The molecule has 2 aromatic rings. The van der Waals surface area contributed by atoms with Gasteiger partial charge in [-0.3, -0.25) is 14.4 Å². The van der Waals surface area contributed by atoms with Gasteiger partial charge in [-0.25, -0.2) is 0 Å². The Kier molecular flexibility index (Phi) is 5.54. The third-order valence-electron chi connectivity index (χ3n) is 4.23. The standard InChI is InChI=1S/C19H21N3O5/c1-12-10-16(21-27-12)20-19(25)13(2)26-18(24)11-14-5-7-15(8-6-14)22-9-3-4-17(22)23/h5-8,10,13H,3-4,9,11H2,1-2H3,(H,20,21,25). The van der Waals surface area contributed by atoms with Crippen molar-refractivity contribution in [1.29, 1.82) is 0 Å². The fourth-order valence-electron chi connectivity index (χ4n) is 2.83. The minimum Gasteiger partial charge on any atom is -0.452 e. The lowest BCUT2D eigenvalue weighted by Crippen LogP contribution is -2.30. The number of hydrogen-bond donors (Lipinski definition) is 1. The molecule has 3 rings (SSSR count). The van der Waals surface area contributed by atoms with Gasteiger partial charge in [-0.05, 0) is 38.0 Å². The summed E-state index contributed by atoms with van der Waals surface area (Å²) in [5.74, 6) is -0.0516. The summed E-state index contributed by atoms with van der Waals surface area (Å²) in [6.45, 7) is 3.91. The Morgan fingerprint density at radius 1 is 1.33 bits per heavy atom. The number of carbonyl (C=O) groups is 3. The molecule has 1 aromatic heterocycles. The van der Waals surface area contributed by atoms with Crippen LogP contribution in [0.5, 0.6) is 0 Å². The number of aryl methyl sites for hydroxylation is 1. The molecule has 2 amide bonds. The number of anilines is 2. The van der Waals surface area contributed by atoms with E-state index in [1.165, 1.54) is 6.92 Å². The van der Waals surface area contributed by atoms with E-state index < -0.39 is 18.0 Å². The highest BCUT2D eigenvalue weighted by Crippen LogP contribution is 2.21. The molecule has 0 saturated carbocycles. The van der Waals surface area contributed by atoms with Crippen LogP contribution in [0.4, 0.5) is 11.5 Å². The second-order valence-corrected chi connectivity index (χ2v) is 6.44. The van der Waals surface area contributed by atoms with Gasteiger partial charge in [0.25, 0.3) is 5.91 Å². The Hall–Kier alpha value is -3.16. The van der Waals surface area contributed by atoms with Crippen molar-refractivity contribution in [1.82, 2.24) is 5.16 Å². The van der Waals surface area contributed by atoms with E-state index in [1.807, 2.05) is 12.1 Å². The molecule has 1 fully saturated rings. The molecular weight excluding hydrogens is 350 g/mol. The average molecular weight is 371 g/mol. The zero-order valence-electron chi connectivity index (χ0n) is 15.2. The zero-order chi connectivity index (χ0) is 19.4. The van der Waals surface area contributed by atoms with E-state index in [-0.39, 0.29) is 18.1 Å². The SMILES string of the molecule is Cc1cc(NC(=O)C(C)OC(=O)Cc2ccc(N3CCCC3=O)cc2)no1. The van der Waals surface area contributed by atoms with Gasteiger partial charge < -0.3 is 19.5 Å². The van der Waals surface area contributed by atoms with Gasteiger partial charge >= 0.3 is 5.97 Å². The number of esters is 1. The molecule has 1 unspecified atom stereocenters. The normalized spacial score (nSPS) is 14.9. The van der Waals surface area contributed by atoms with Crippen molar-refractivity contribution in [2.45, 2.75) is 39.2 Å². The molecule has 1 N–H and O–H groups in total. The summed E-state index contributed by atoms with van der Waals surface area (Å²) in [6.07, 6.45) is 0.508. The Labute approximate surface area is 156 Å². The molecule has 1 aliphatic heterocycles. The molecule has 1 aromatic carbocycles. The van der Waals surface area contributed by atoms with Crippen LogP contribution in [0.2, 0.25) is 0 Å². The fraction of sp³-hybridized carbons (Fsp3) is 0.368. The first-order valence-corrected chi connectivity index (χ1v) is 8.75.